The van der Waals surface area contributed by atoms with Gasteiger partial charge in [-0.25, -0.2) is 4.98 Å². The smallest absolute Gasteiger partial charge is 0.311 e. The lowest BCUT2D eigenvalue weighted by Gasteiger charge is -2.04. The molecule has 94 valence electrons. The minimum Gasteiger partial charge on any atom is -0.359 e. The summed E-state index contributed by atoms with van der Waals surface area (Å²) >= 11 is 0. The van der Waals surface area contributed by atoms with Crippen LogP contribution in [0.3, 0.4) is 0 Å². The number of rotatable bonds is 4. The topological polar surface area (TPSA) is 118 Å². The second kappa shape index (κ2) is 5.50. The van der Waals surface area contributed by atoms with Crippen molar-refractivity contribution in [1.82, 2.24) is 15.2 Å². The molecule has 0 aliphatic rings. The number of anilines is 1. The summed E-state index contributed by atoms with van der Waals surface area (Å²) in [5.74, 6) is 0.165. The third-order valence-electron chi connectivity index (χ3n) is 2.25. The summed E-state index contributed by atoms with van der Waals surface area (Å²) in [6, 6.07) is 7.85. The van der Waals surface area contributed by atoms with Gasteiger partial charge in [-0.2, -0.15) is 10.4 Å². The highest BCUT2D eigenvalue weighted by Crippen LogP contribution is 2.20. The Labute approximate surface area is 107 Å². The fraction of sp³-hybridized carbons (Fsp3) is 0.0909. The molecule has 1 N–H and O–H groups in total. The van der Waals surface area contributed by atoms with Crippen LogP contribution in [0.5, 0.6) is 0 Å². The van der Waals surface area contributed by atoms with E-state index in [-0.39, 0.29) is 23.7 Å². The Morgan fingerprint density at radius 1 is 1.37 bits per heavy atom. The molecule has 8 heteroatoms. The largest absolute Gasteiger partial charge is 0.359 e. The number of nitrogens with zero attached hydrogens (tertiary/aromatic N) is 5. The minimum absolute atomic E-state index is 0.107. The minimum atomic E-state index is -0.514. The zero-order valence-electron chi connectivity index (χ0n) is 9.65. The molecular formula is C11H8N6O2. The molecule has 2 aromatic heterocycles. The number of nitrogens with one attached hydrogen (secondary N) is 1. The monoisotopic (exact) mass is 256 g/mol. The van der Waals surface area contributed by atoms with E-state index in [4.69, 9.17) is 5.26 Å². The van der Waals surface area contributed by atoms with Crippen molar-refractivity contribution in [2.24, 2.45) is 0 Å². The lowest BCUT2D eigenvalue weighted by Crippen LogP contribution is -2.06. The predicted molar refractivity (Wildman–Crippen MR) is 65.0 cm³/mol. The second-order valence-electron chi connectivity index (χ2n) is 3.50. The molecule has 19 heavy (non-hydrogen) atoms. The average Bonchev–Trinajstić information content (AvgIpc) is 2.46. The van der Waals surface area contributed by atoms with Crippen molar-refractivity contribution < 1.29 is 4.92 Å². The van der Waals surface area contributed by atoms with Crippen molar-refractivity contribution in [2.45, 2.75) is 6.54 Å². The lowest BCUT2D eigenvalue weighted by molar-refractivity contribution is -0.384. The molecule has 0 spiro atoms. The fourth-order valence-corrected chi connectivity index (χ4v) is 1.37. The van der Waals surface area contributed by atoms with Crippen molar-refractivity contribution in [3.63, 3.8) is 0 Å². The predicted octanol–water partition coefficient (Wildman–Crippen LogP) is 1.26. The van der Waals surface area contributed by atoms with E-state index in [1.807, 2.05) is 6.07 Å². The molecule has 0 aliphatic heterocycles. The highest BCUT2D eigenvalue weighted by Gasteiger charge is 2.13. The summed E-state index contributed by atoms with van der Waals surface area (Å²) in [6.45, 7) is 0.233. The molecular weight excluding hydrogens is 248 g/mol. The maximum atomic E-state index is 10.8. The van der Waals surface area contributed by atoms with Gasteiger partial charge in [0.1, 0.15) is 6.07 Å². The normalized spacial score (nSPS) is 9.63. The van der Waals surface area contributed by atoms with Gasteiger partial charge < -0.3 is 5.32 Å². The van der Waals surface area contributed by atoms with Gasteiger partial charge in [0.25, 0.3) is 0 Å². The van der Waals surface area contributed by atoms with Gasteiger partial charge in [0.05, 0.1) is 17.2 Å². The molecule has 2 rings (SSSR count). The SMILES string of the molecule is N#Cc1ccc(CNc2ncccc2[N+](=O)[O-])nn1. The van der Waals surface area contributed by atoms with E-state index in [1.165, 1.54) is 24.4 Å². The fourth-order valence-electron chi connectivity index (χ4n) is 1.37. The summed E-state index contributed by atoms with van der Waals surface area (Å²) in [6.07, 6.45) is 1.46. The van der Waals surface area contributed by atoms with E-state index in [0.29, 0.717) is 5.69 Å². The molecule has 2 heterocycles. The van der Waals surface area contributed by atoms with Crippen molar-refractivity contribution in [3.05, 3.63) is 52.0 Å². The van der Waals surface area contributed by atoms with Gasteiger partial charge in [-0.3, -0.25) is 10.1 Å². The number of pyridine rings is 1. The van der Waals surface area contributed by atoms with Gasteiger partial charge in [0.15, 0.2) is 5.69 Å². The van der Waals surface area contributed by atoms with Crippen LogP contribution in [0.2, 0.25) is 0 Å². The van der Waals surface area contributed by atoms with Crippen LogP contribution >= 0.6 is 0 Å². The highest BCUT2D eigenvalue weighted by atomic mass is 16.6. The van der Waals surface area contributed by atoms with Crippen LogP contribution in [0, 0.1) is 21.4 Å². The molecule has 8 nitrogen and oxygen atoms in total. The molecule has 2 aromatic rings. The third kappa shape index (κ3) is 2.98. The van der Waals surface area contributed by atoms with Crippen molar-refractivity contribution >= 4 is 11.5 Å². The maximum absolute atomic E-state index is 10.8. The first kappa shape index (κ1) is 12.4. The van der Waals surface area contributed by atoms with Crippen LogP contribution in [-0.2, 0) is 6.54 Å². The Bertz CT molecular complexity index is 634. The number of nitriles is 1. The van der Waals surface area contributed by atoms with Gasteiger partial charge in [-0.05, 0) is 18.2 Å². The Balaban J connectivity index is 2.10. The maximum Gasteiger partial charge on any atom is 0.311 e. The lowest BCUT2D eigenvalue weighted by atomic mass is 10.3. The molecule has 0 aromatic carbocycles. The average molecular weight is 256 g/mol. The molecule has 0 amide bonds. The van der Waals surface area contributed by atoms with Gasteiger partial charge in [-0.1, -0.05) is 0 Å². The van der Waals surface area contributed by atoms with E-state index in [2.05, 4.69) is 20.5 Å². The third-order valence-corrected chi connectivity index (χ3v) is 2.25. The van der Waals surface area contributed by atoms with Crippen molar-refractivity contribution in [1.29, 1.82) is 5.26 Å². The molecule has 0 fully saturated rings. The van der Waals surface area contributed by atoms with Crippen LogP contribution in [-0.4, -0.2) is 20.1 Å². The van der Waals surface area contributed by atoms with Gasteiger partial charge >= 0.3 is 5.69 Å². The number of aromatic nitrogens is 3. The van der Waals surface area contributed by atoms with E-state index < -0.39 is 4.92 Å². The standard InChI is InChI=1S/C11H8N6O2/c12-6-8-3-4-9(16-15-8)7-14-11-10(17(18)19)2-1-5-13-11/h1-5H,7H2,(H,13,14). The molecule has 0 bridgehead atoms. The Morgan fingerprint density at radius 2 is 2.21 bits per heavy atom. The Hall–Kier alpha value is -3.08. The van der Waals surface area contributed by atoms with E-state index >= 15 is 0 Å². The summed E-state index contributed by atoms with van der Waals surface area (Å²) in [5, 5.41) is 29.6. The first-order valence-electron chi connectivity index (χ1n) is 5.26. The van der Waals surface area contributed by atoms with Crippen molar-refractivity contribution in [2.75, 3.05) is 5.32 Å². The number of hydrogen-bond donors (Lipinski definition) is 1. The zero-order valence-corrected chi connectivity index (χ0v) is 9.65. The van der Waals surface area contributed by atoms with E-state index in [9.17, 15) is 10.1 Å². The van der Waals surface area contributed by atoms with Crippen molar-refractivity contribution in [3.8, 4) is 6.07 Å². The Kier molecular flexibility index (Phi) is 3.59. The first-order valence-corrected chi connectivity index (χ1v) is 5.26. The number of hydrogen-bond acceptors (Lipinski definition) is 7. The van der Waals surface area contributed by atoms with Crippen LogP contribution in [0.1, 0.15) is 11.4 Å². The Morgan fingerprint density at radius 3 is 2.84 bits per heavy atom. The molecule has 0 aliphatic carbocycles. The van der Waals surface area contributed by atoms with E-state index in [0.717, 1.165) is 0 Å². The summed E-state index contributed by atoms with van der Waals surface area (Å²) in [4.78, 5) is 14.2. The molecule has 0 unspecified atom stereocenters. The van der Waals surface area contributed by atoms with E-state index in [1.54, 1.807) is 6.07 Å². The van der Waals surface area contributed by atoms with Gasteiger partial charge in [-0.15, -0.1) is 5.10 Å². The molecule has 0 saturated heterocycles. The summed E-state index contributed by atoms with van der Waals surface area (Å²) in [7, 11) is 0. The first-order chi connectivity index (χ1) is 9.20. The molecule has 0 radical (unpaired) electrons. The second-order valence-corrected chi connectivity index (χ2v) is 3.50. The molecule has 0 atom stereocenters. The number of nitro groups is 1. The quantitative estimate of drug-likeness (QED) is 0.646. The van der Waals surface area contributed by atoms with Crippen LogP contribution in [0.4, 0.5) is 11.5 Å². The van der Waals surface area contributed by atoms with Crippen LogP contribution < -0.4 is 5.32 Å². The summed E-state index contributed by atoms with van der Waals surface area (Å²) < 4.78 is 0. The van der Waals surface area contributed by atoms with Gasteiger partial charge in [0.2, 0.25) is 5.82 Å². The zero-order chi connectivity index (χ0) is 13.7. The van der Waals surface area contributed by atoms with Gasteiger partial charge in [0, 0.05) is 12.3 Å². The summed E-state index contributed by atoms with van der Waals surface area (Å²) in [5.41, 5.74) is 0.663. The van der Waals surface area contributed by atoms with Crippen LogP contribution in [0.25, 0.3) is 0 Å². The highest BCUT2D eigenvalue weighted by molar-refractivity contribution is 5.55. The van der Waals surface area contributed by atoms with Crippen LogP contribution in [0.15, 0.2) is 30.5 Å². The molecule has 0 saturated carbocycles.